The van der Waals surface area contributed by atoms with Crippen LogP contribution in [0.15, 0.2) is 53.7 Å². The smallest absolute Gasteiger partial charge is 0.417 e. The molecule has 0 radical (unpaired) electrons. The Balaban J connectivity index is 2.09. The zero-order valence-electron chi connectivity index (χ0n) is 18.5. The van der Waals surface area contributed by atoms with Gasteiger partial charge in [-0.25, -0.2) is 13.4 Å². The van der Waals surface area contributed by atoms with E-state index in [1.165, 1.54) is 43.5 Å². The van der Waals surface area contributed by atoms with Crippen LogP contribution in [0.3, 0.4) is 0 Å². The van der Waals surface area contributed by atoms with Gasteiger partial charge in [-0.1, -0.05) is 0 Å². The van der Waals surface area contributed by atoms with Crippen LogP contribution < -0.4 is 15.4 Å². The number of rotatable bonds is 8. The van der Waals surface area contributed by atoms with Crippen molar-refractivity contribution in [1.82, 2.24) is 9.97 Å². The predicted octanol–water partition coefficient (Wildman–Crippen LogP) is 3.64. The average molecular weight is 510 g/mol. The molecule has 0 aliphatic heterocycles. The van der Waals surface area contributed by atoms with Gasteiger partial charge in [-0.3, -0.25) is 9.78 Å². The van der Waals surface area contributed by atoms with Crippen molar-refractivity contribution in [3.8, 4) is 17.0 Å². The third-order valence-corrected chi connectivity index (χ3v) is 5.61. The van der Waals surface area contributed by atoms with Gasteiger partial charge >= 0.3 is 6.18 Å². The molecule has 1 amide bonds. The second-order valence-corrected chi connectivity index (χ2v) is 9.40. The summed E-state index contributed by atoms with van der Waals surface area (Å²) >= 11 is 0. The molecule has 0 aliphatic rings. The van der Waals surface area contributed by atoms with Crippen LogP contribution in [0, 0.1) is 0 Å². The molecule has 0 saturated carbocycles. The van der Waals surface area contributed by atoms with Crippen LogP contribution in [0.1, 0.15) is 12.5 Å². The number of carbonyl (C=O) groups is 1. The molecule has 2 aromatic heterocycles. The second kappa shape index (κ2) is 10.3. The number of amides is 1. The van der Waals surface area contributed by atoms with E-state index < -0.39 is 27.5 Å². The molecule has 0 fully saturated rings. The van der Waals surface area contributed by atoms with Crippen LogP contribution in [0.25, 0.3) is 11.3 Å². The minimum atomic E-state index is -4.56. The van der Waals surface area contributed by atoms with Crippen molar-refractivity contribution in [2.45, 2.75) is 18.0 Å². The highest BCUT2D eigenvalue weighted by molar-refractivity contribution is 7.90. The highest BCUT2D eigenvalue weighted by atomic mass is 32.2. The first-order chi connectivity index (χ1) is 16.4. The van der Waals surface area contributed by atoms with E-state index >= 15 is 0 Å². The molecule has 35 heavy (non-hydrogen) atoms. The van der Waals surface area contributed by atoms with Gasteiger partial charge in [0, 0.05) is 49.0 Å². The largest absolute Gasteiger partial charge is 0.491 e. The molecule has 186 valence electrons. The summed E-state index contributed by atoms with van der Waals surface area (Å²) < 4.78 is 68.5. The van der Waals surface area contributed by atoms with Gasteiger partial charge in [-0.2, -0.15) is 13.2 Å². The number of halogens is 3. The molecule has 0 aliphatic carbocycles. The number of alkyl halides is 3. The predicted molar refractivity (Wildman–Crippen MR) is 122 cm³/mol. The van der Waals surface area contributed by atoms with E-state index in [1.807, 2.05) is 0 Å². The van der Waals surface area contributed by atoms with Crippen molar-refractivity contribution in [2.75, 3.05) is 30.1 Å². The van der Waals surface area contributed by atoms with Gasteiger partial charge in [0.1, 0.15) is 18.2 Å². The lowest BCUT2D eigenvalue weighted by molar-refractivity contribution is -0.137. The number of pyridine rings is 2. The summed E-state index contributed by atoms with van der Waals surface area (Å²) in [6.45, 7) is 0.913. The monoisotopic (exact) mass is 510 g/mol. The summed E-state index contributed by atoms with van der Waals surface area (Å²) in [4.78, 5) is 19.4. The van der Waals surface area contributed by atoms with Gasteiger partial charge in [0.25, 0.3) is 0 Å². The van der Waals surface area contributed by atoms with Crippen molar-refractivity contribution in [1.29, 1.82) is 0 Å². The lowest BCUT2D eigenvalue weighted by atomic mass is 10.1. The Labute approximate surface area is 198 Å². The summed E-state index contributed by atoms with van der Waals surface area (Å²) in [6.07, 6.45) is -1.54. The fourth-order valence-corrected chi connectivity index (χ4v) is 3.66. The maximum absolute atomic E-state index is 12.9. The van der Waals surface area contributed by atoms with E-state index in [4.69, 9.17) is 9.84 Å². The van der Waals surface area contributed by atoms with Crippen molar-refractivity contribution >= 4 is 32.9 Å². The minimum Gasteiger partial charge on any atom is -0.491 e. The first-order valence-electron chi connectivity index (χ1n) is 10.0. The normalized spacial score (nSPS) is 11.7. The summed E-state index contributed by atoms with van der Waals surface area (Å²) in [5.41, 5.74) is 0.0442. The topological polar surface area (TPSA) is 131 Å². The number of hydrogen-bond acceptors (Lipinski definition) is 8. The molecule has 13 heteroatoms. The Hall–Kier alpha value is -3.71. The van der Waals surface area contributed by atoms with Gasteiger partial charge in [-0.05, 0) is 24.3 Å². The van der Waals surface area contributed by atoms with E-state index in [-0.39, 0.29) is 52.3 Å². The molecule has 9 nitrogen and oxygen atoms in total. The van der Waals surface area contributed by atoms with Crippen LogP contribution in [-0.2, 0) is 20.8 Å². The fourth-order valence-electron chi connectivity index (χ4n) is 2.99. The van der Waals surface area contributed by atoms with E-state index in [2.05, 4.69) is 20.6 Å². The summed E-state index contributed by atoms with van der Waals surface area (Å²) in [7, 11) is -3.64. The Morgan fingerprint density at radius 3 is 2.43 bits per heavy atom. The number of nitrogens with zero attached hydrogens (tertiary/aromatic N) is 2. The van der Waals surface area contributed by atoms with Crippen LogP contribution in [0.2, 0.25) is 0 Å². The summed E-state index contributed by atoms with van der Waals surface area (Å²) in [5.74, 6) is -0.0934. The summed E-state index contributed by atoms with van der Waals surface area (Å²) in [6, 6.07) is 7.59. The van der Waals surface area contributed by atoms with Crippen LogP contribution in [0.5, 0.6) is 5.75 Å². The van der Waals surface area contributed by atoms with Gasteiger partial charge in [-0.15, -0.1) is 0 Å². The van der Waals surface area contributed by atoms with Crippen molar-refractivity contribution in [3.63, 3.8) is 0 Å². The number of carbonyl (C=O) groups excluding carboxylic acids is 1. The second-order valence-electron chi connectivity index (χ2n) is 7.39. The molecule has 0 saturated heterocycles. The SMILES string of the molecule is CC(=O)Nc1cc(Nc2cc(OCCO)cc(S(C)(=O)=O)c2)c(-c2ccc(C(F)(F)F)cn2)cn1. The van der Waals surface area contributed by atoms with Gasteiger partial charge in [0.05, 0.1) is 28.4 Å². The first-order valence-corrected chi connectivity index (χ1v) is 11.9. The van der Waals surface area contributed by atoms with E-state index in [0.717, 1.165) is 12.3 Å². The number of aromatic nitrogens is 2. The zero-order chi connectivity index (χ0) is 25.8. The maximum Gasteiger partial charge on any atom is 0.417 e. The third kappa shape index (κ3) is 6.90. The van der Waals surface area contributed by atoms with E-state index in [0.29, 0.717) is 6.20 Å². The zero-order valence-corrected chi connectivity index (χ0v) is 19.4. The molecule has 0 spiro atoms. The average Bonchev–Trinajstić information content (AvgIpc) is 2.76. The molecule has 3 N–H and O–H groups in total. The number of aliphatic hydroxyl groups excluding tert-OH is 1. The quantitative estimate of drug-likeness (QED) is 0.419. The maximum atomic E-state index is 12.9. The van der Waals surface area contributed by atoms with E-state index in [1.54, 1.807) is 0 Å². The van der Waals surface area contributed by atoms with Gasteiger partial charge in [0.15, 0.2) is 9.84 Å². The first kappa shape index (κ1) is 25.9. The van der Waals surface area contributed by atoms with Gasteiger partial charge < -0.3 is 20.5 Å². The Kier molecular flexibility index (Phi) is 7.60. The standard InChI is InChI=1S/C22H21F3N4O5S/c1-13(31)28-21-10-20(18(12-27-21)19-4-3-14(11-26-19)22(23,24)25)29-15-7-16(34-6-5-30)9-17(8-15)35(2,32)33/h3-4,7-12,30H,5-6H2,1-2H3,(H2,27,28,29,31). The van der Waals surface area contributed by atoms with Crippen LogP contribution in [0.4, 0.5) is 30.4 Å². The number of nitrogens with one attached hydrogen (secondary N) is 2. The number of hydrogen-bond donors (Lipinski definition) is 3. The summed E-state index contributed by atoms with van der Waals surface area (Å²) in [5, 5.41) is 14.5. The number of anilines is 3. The van der Waals surface area contributed by atoms with Crippen LogP contribution in [-0.4, -0.2) is 48.9 Å². The lowest BCUT2D eigenvalue weighted by Crippen LogP contribution is -2.09. The number of sulfone groups is 1. The Morgan fingerprint density at radius 1 is 1.11 bits per heavy atom. The molecule has 0 bridgehead atoms. The molecule has 2 heterocycles. The van der Waals surface area contributed by atoms with Crippen molar-refractivity contribution in [3.05, 3.63) is 54.4 Å². The number of aliphatic hydroxyl groups is 1. The van der Waals surface area contributed by atoms with Gasteiger partial charge in [0.2, 0.25) is 5.91 Å². The highest BCUT2D eigenvalue weighted by Gasteiger charge is 2.30. The third-order valence-electron chi connectivity index (χ3n) is 4.52. The molecule has 1 aromatic carbocycles. The number of benzene rings is 1. The van der Waals surface area contributed by atoms with Crippen LogP contribution >= 0.6 is 0 Å². The lowest BCUT2D eigenvalue weighted by Gasteiger charge is -2.16. The Morgan fingerprint density at radius 2 is 1.86 bits per heavy atom. The number of ether oxygens (including phenoxy) is 1. The van der Waals surface area contributed by atoms with E-state index in [9.17, 15) is 26.4 Å². The molecule has 3 aromatic rings. The fraction of sp³-hybridized carbons (Fsp3) is 0.227. The molecular weight excluding hydrogens is 489 g/mol. The van der Waals surface area contributed by atoms with Crippen molar-refractivity contribution < 1.29 is 36.2 Å². The van der Waals surface area contributed by atoms with Crippen molar-refractivity contribution in [2.24, 2.45) is 0 Å². The Bertz CT molecular complexity index is 1330. The molecular formula is C22H21F3N4O5S. The molecule has 3 rings (SSSR count). The minimum absolute atomic E-state index is 0.0687. The molecule has 0 unspecified atom stereocenters. The highest BCUT2D eigenvalue weighted by Crippen LogP contribution is 2.35. The molecule has 0 atom stereocenters.